The van der Waals surface area contributed by atoms with Gasteiger partial charge in [0, 0.05) is 84.1 Å². The van der Waals surface area contributed by atoms with Crippen molar-refractivity contribution in [2.75, 3.05) is 40.9 Å². The van der Waals surface area contributed by atoms with Gasteiger partial charge in [-0.05, 0) is 52.0 Å². The number of hydrogen-bond donors (Lipinski definition) is 0. The highest BCUT2D eigenvalue weighted by Gasteiger charge is 2.58. The SMILES string of the molecule is CCN(CC)c1ccc2c(c1)Oc1cc(N(CC)CC)ccc1C21c2ccccc2C(=O)N1c1nc2ccc([N+](=O)[O-])cc2s1. The first-order valence-corrected chi connectivity index (χ1v) is 16.1. The zero-order valence-corrected chi connectivity index (χ0v) is 26.4. The molecule has 228 valence electrons. The Morgan fingerprint density at radius 1 is 0.822 bits per heavy atom. The van der Waals surface area contributed by atoms with Crippen molar-refractivity contribution in [3.63, 3.8) is 0 Å². The average molecular weight is 620 g/mol. The highest BCUT2D eigenvalue weighted by Crippen LogP contribution is 2.59. The van der Waals surface area contributed by atoms with Gasteiger partial charge in [-0.15, -0.1) is 0 Å². The topological polar surface area (TPSA) is 92.1 Å². The Balaban J connectivity index is 1.55. The fourth-order valence-electron chi connectivity index (χ4n) is 6.87. The molecule has 0 aliphatic carbocycles. The number of benzene rings is 4. The number of non-ortho nitro benzene ring substituents is 1. The third-order valence-corrected chi connectivity index (χ3v) is 10.0. The van der Waals surface area contributed by atoms with Crippen LogP contribution in [0.25, 0.3) is 10.2 Å². The summed E-state index contributed by atoms with van der Waals surface area (Å²) in [6.07, 6.45) is 0. The van der Waals surface area contributed by atoms with E-state index in [1.54, 1.807) is 11.0 Å². The Hall–Kier alpha value is -4.96. The molecular weight excluding hydrogens is 586 g/mol. The lowest BCUT2D eigenvalue weighted by Crippen LogP contribution is -2.47. The van der Waals surface area contributed by atoms with E-state index in [1.807, 2.05) is 24.3 Å². The molecule has 0 saturated heterocycles. The molecule has 45 heavy (non-hydrogen) atoms. The predicted molar refractivity (Wildman–Crippen MR) is 179 cm³/mol. The summed E-state index contributed by atoms with van der Waals surface area (Å²) in [4.78, 5) is 37.0. The number of hydrogen-bond acceptors (Lipinski definition) is 8. The molecule has 0 fully saturated rings. The van der Waals surface area contributed by atoms with Gasteiger partial charge in [-0.2, -0.15) is 0 Å². The minimum Gasteiger partial charge on any atom is -0.456 e. The van der Waals surface area contributed by atoms with Gasteiger partial charge in [0.15, 0.2) is 5.13 Å². The Labute approximate surface area is 265 Å². The van der Waals surface area contributed by atoms with E-state index < -0.39 is 10.5 Å². The van der Waals surface area contributed by atoms with Crippen molar-refractivity contribution in [1.82, 2.24) is 4.98 Å². The normalized spacial score (nSPS) is 14.2. The van der Waals surface area contributed by atoms with Crippen LogP contribution in [-0.2, 0) is 5.54 Å². The van der Waals surface area contributed by atoms with Gasteiger partial charge in [0.25, 0.3) is 11.6 Å². The summed E-state index contributed by atoms with van der Waals surface area (Å²) in [6.45, 7) is 11.9. The van der Waals surface area contributed by atoms with E-state index in [0.717, 1.165) is 54.2 Å². The standard InChI is InChI=1S/C35H33N5O4S/c1-5-37(6-2)22-13-16-27-30(19-22)44-31-20-23(38(7-3)8-4)14-17-28(31)35(27)26-12-10-9-11-25(26)33(41)39(35)34-36-29-18-15-24(40(42)43)21-32(29)45-34/h9-21H,5-8H2,1-4H3. The van der Waals surface area contributed by atoms with Crippen molar-refractivity contribution in [2.24, 2.45) is 0 Å². The molecule has 0 radical (unpaired) electrons. The number of carbonyl (C=O) groups is 1. The Bertz CT molecular complexity index is 1920. The van der Waals surface area contributed by atoms with Crippen molar-refractivity contribution >= 4 is 49.7 Å². The minimum atomic E-state index is -1.08. The van der Waals surface area contributed by atoms with E-state index in [-0.39, 0.29) is 11.6 Å². The Morgan fingerprint density at radius 2 is 1.42 bits per heavy atom. The van der Waals surface area contributed by atoms with Gasteiger partial charge < -0.3 is 14.5 Å². The number of thiazole rings is 1. The molecule has 1 spiro atoms. The fraction of sp³-hybridized carbons (Fsp3) is 0.257. The Kier molecular flexibility index (Phi) is 6.96. The van der Waals surface area contributed by atoms with Crippen LogP contribution in [0, 0.1) is 10.1 Å². The molecule has 2 aliphatic heterocycles. The lowest BCUT2D eigenvalue weighted by atomic mass is 9.74. The minimum absolute atomic E-state index is 0.0157. The molecule has 0 atom stereocenters. The maximum absolute atomic E-state index is 14.6. The van der Waals surface area contributed by atoms with Crippen molar-refractivity contribution in [3.8, 4) is 11.5 Å². The highest BCUT2D eigenvalue weighted by molar-refractivity contribution is 7.22. The molecule has 0 saturated carbocycles. The fourth-order valence-corrected chi connectivity index (χ4v) is 7.92. The zero-order chi connectivity index (χ0) is 31.5. The van der Waals surface area contributed by atoms with Gasteiger partial charge in [0.1, 0.15) is 17.0 Å². The number of ether oxygens (including phenoxy) is 1. The molecule has 4 aromatic carbocycles. The van der Waals surface area contributed by atoms with Gasteiger partial charge in [-0.3, -0.25) is 19.8 Å². The summed E-state index contributed by atoms with van der Waals surface area (Å²) in [5.74, 6) is 1.17. The van der Waals surface area contributed by atoms with Crippen LogP contribution in [0.1, 0.15) is 54.7 Å². The third-order valence-electron chi connectivity index (χ3n) is 9.04. The number of nitrogens with zero attached hydrogens (tertiary/aromatic N) is 5. The van der Waals surface area contributed by atoms with Gasteiger partial charge in [0.05, 0.1) is 15.1 Å². The van der Waals surface area contributed by atoms with Gasteiger partial charge in [-0.25, -0.2) is 4.98 Å². The van der Waals surface area contributed by atoms with E-state index in [0.29, 0.717) is 32.4 Å². The van der Waals surface area contributed by atoms with Crippen molar-refractivity contribution < 1.29 is 14.5 Å². The van der Waals surface area contributed by atoms with Crippen LogP contribution >= 0.6 is 11.3 Å². The van der Waals surface area contributed by atoms with E-state index >= 15 is 0 Å². The second-order valence-corrected chi connectivity index (χ2v) is 12.1. The van der Waals surface area contributed by atoms with E-state index in [4.69, 9.17) is 9.72 Å². The number of amides is 1. The quantitative estimate of drug-likeness (QED) is 0.129. The van der Waals surface area contributed by atoms with Crippen LogP contribution in [0.5, 0.6) is 11.5 Å². The molecular formula is C35H33N5O4S. The highest BCUT2D eigenvalue weighted by atomic mass is 32.1. The van der Waals surface area contributed by atoms with E-state index in [9.17, 15) is 14.9 Å². The first-order valence-electron chi connectivity index (χ1n) is 15.3. The molecule has 2 aliphatic rings. The number of nitro groups is 1. The smallest absolute Gasteiger partial charge is 0.270 e. The second-order valence-electron chi connectivity index (χ2n) is 11.1. The molecule has 7 rings (SSSR count). The summed E-state index contributed by atoms with van der Waals surface area (Å²) in [7, 11) is 0. The summed E-state index contributed by atoms with van der Waals surface area (Å²) >= 11 is 1.28. The first-order chi connectivity index (χ1) is 21.8. The van der Waals surface area contributed by atoms with Gasteiger partial charge in [0.2, 0.25) is 0 Å². The van der Waals surface area contributed by atoms with Crippen molar-refractivity contribution in [1.29, 1.82) is 0 Å². The van der Waals surface area contributed by atoms with Crippen LogP contribution in [0.15, 0.2) is 78.9 Å². The largest absolute Gasteiger partial charge is 0.456 e. The number of carbonyl (C=O) groups excluding carboxylic acids is 1. The molecule has 1 aromatic heterocycles. The maximum atomic E-state index is 14.6. The molecule has 3 heterocycles. The van der Waals surface area contributed by atoms with Crippen LogP contribution in [0.4, 0.5) is 22.2 Å². The third kappa shape index (κ3) is 4.19. The molecule has 10 heteroatoms. The number of aromatic nitrogens is 1. The van der Waals surface area contributed by atoms with E-state index in [1.165, 1.54) is 23.5 Å². The van der Waals surface area contributed by atoms with E-state index in [2.05, 4.69) is 73.9 Å². The van der Waals surface area contributed by atoms with Gasteiger partial charge in [-0.1, -0.05) is 41.7 Å². The molecule has 1 amide bonds. The number of rotatable bonds is 8. The van der Waals surface area contributed by atoms with Crippen LogP contribution in [0.3, 0.4) is 0 Å². The molecule has 0 bridgehead atoms. The second kappa shape index (κ2) is 10.9. The number of fused-ring (bicyclic) bond motifs is 7. The molecule has 0 unspecified atom stereocenters. The van der Waals surface area contributed by atoms with Crippen molar-refractivity contribution in [3.05, 3.63) is 111 Å². The average Bonchev–Trinajstić information content (AvgIpc) is 3.58. The van der Waals surface area contributed by atoms with Crippen LogP contribution < -0.4 is 19.4 Å². The summed E-state index contributed by atoms with van der Waals surface area (Å²) in [6, 6.07) is 24.8. The predicted octanol–water partition coefficient (Wildman–Crippen LogP) is 7.95. The maximum Gasteiger partial charge on any atom is 0.270 e. The summed E-state index contributed by atoms with van der Waals surface area (Å²) in [5.41, 5.74) is 4.68. The molecule has 0 N–H and O–H groups in total. The summed E-state index contributed by atoms with van der Waals surface area (Å²) < 4.78 is 7.41. The summed E-state index contributed by atoms with van der Waals surface area (Å²) in [5, 5.41) is 12.0. The van der Waals surface area contributed by atoms with Crippen LogP contribution in [-0.4, -0.2) is 42.0 Å². The van der Waals surface area contributed by atoms with Crippen molar-refractivity contribution in [2.45, 2.75) is 33.2 Å². The lowest BCUT2D eigenvalue weighted by molar-refractivity contribution is -0.384. The lowest BCUT2D eigenvalue weighted by Gasteiger charge is -2.43. The first kappa shape index (κ1) is 28.8. The van der Waals surface area contributed by atoms with Crippen LogP contribution in [0.2, 0.25) is 0 Å². The van der Waals surface area contributed by atoms with Gasteiger partial charge >= 0.3 is 0 Å². The number of nitro benzene ring substituents is 1. The monoisotopic (exact) mass is 619 g/mol. The zero-order valence-electron chi connectivity index (χ0n) is 25.6. The molecule has 5 aromatic rings. The number of anilines is 3. The Morgan fingerprint density at radius 3 is 2.00 bits per heavy atom. The molecule has 9 nitrogen and oxygen atoms in total.